The molecule has 0 radical (unpaired) electrons. The van der Waals surface area contributed by atoms with Crippen LogP contribution in [0.2, 0.25) is 10.0 Å². The zero-order chi connectivity index (χ0) is 18.2. The highest BCUT2D eigenvalue weighted by Crippen LogP contribution is 2.34. The van der Waals surface area contributed by atoms with Gasteiger partial charge in [-0.1, -0.05) is 53.5 Å². The van der Waals surface area contributed by atoms with E-state index in [0.29, 0.717) is 10.0 Å². The summed E-state index contributed by atoms with van der Waals surface area (Å²) in [5, 5.41) is 1.30. The van der Waals surface area contributed by atoms with Crippen LogP contribution in [0.5, 0.6) is 0 Å². The first-order valence-corrected chi connectivity index (χ1v) is 9.04. The summed E-state index contributed by atoms with van der Waals surface area (Å²) in [6.07, 6.45) is 0. The Kier molecular flexibility index (Phi) is 4.97. The Bertz CT molecular complexity index is 890. The normalized spacial score (nSPS) is 11.8. The van der Waals surface area contributed by atoms with E-state index in [4.69, 9.17) is 23.2 Å². The molecule has 3 rings (SSSR count). The van der Waals surface area contributed by atoms with Crippen molar-refractivity contribution in [2.45, 2.75) is 13.5 Å². The van der Waals surface area contributed by atoms with Gasteiger partial charge in [-0.05, 0) is 36.8 Å². The fourth-order valence-electron chi connectivity index (χ4n) is 3.12. The molecule has 0 amide bonds. The van der Waals surface area contributed by atoms with Crippen LogP contribution in [-0.4, -0.2) is 30.2 Å². The van der Waals surface area contributed by atoms with Crippen LogP contribution in [0.15, 0.2) is 54.6 Å². The lowest BCUT2D eigenvalue weighted by Crippen LogP contribution is -2.33. The Morgan fingerprint density at radius 2 is 1.60 bits per heavy atom. The van der Waals surface area contributed by atoms with Crippen molar-refractivity contribution in [1.29, 1.82) is 0 Å². The zero-order valence-electron chi connectivity index (χ0n) is 15.1. The SMILES string of the molecule is Cc1c(C[N+](C)(C)C)cc(-c2ccccc2)n1-c1ccc(Cl)cc1Cl. The van der Waals surface area contributed by atoms with Crippen LogP contribution in [0.4, 0.5) is 0 Å². The van der Waals surface area contributed by atoms with Crippen LogP contribution in [0.3, 0.4) is 0 Å². The van der Waals surface area contributed by atoms with Gasteiger partial charge >= 0.3 is 0 Å². The zero-order valence-corrected chi connectivity index (χ0v) is 16.6. The van der Waals surface area contributed by atoms with Gasteiger partial charge in [-0.15, -0.1) is 0 Å². The van der Waals surface area contributed by atoms with Gasteiger partial charge in [0.25, 0.3) is 0 Å². The van der Waals surface area contributed by atoms with Gasteiger partial charge in [0.1, 0.15) is 6.54 Å². The lowest BCUT2D eigenvalue weighted by Gasteiger charge is -2.24. The van der Waals surface area contributed by atoms with Gasteiger partial charge in [0.2, 0.25) is 0 Å². The van der Waals surface area contributed by atoms with Crippen molar-refractivity contribution < 1.29 is 4.48 Å². The minimum Gasteiger partial charge on any atom is -0.327 e. The molecule has 3 aromatic rings. The molecule has 0 bridgehead atoms. The highest BCUT2D eigenvalue weighted by molar-refractivity contribution is 6.35. The molecule has 0 saturated carbocycles. The van der Waals surface area contributed by atoms with E-state index in [2.05, 4.69) is 63.0 Å². The lowest BCUT2D eigenvalue weighted by atomic mass is 10.1. The van der Waals surface area contributed by atoms with Gasteiger partial charge < -0.3 is 9.05 Å². The predicted octanol–water partition coefficient (Wildman–Crippen LogP) is 5.97. The Hall–Kier alpha value is -1.74. The number of aromatic nitrogens is 1. The molecule has 1 heterocycles. The topological polar surface area (TPSA) is 4.93 Å². The molecule has 0 N–H and O–H groups in total. The number of hydrogen-bond acceptors (Lipinski definition) is 0. The molecule has 0 unspecified atom stereocenters. The van der Waals surface area contributed by atoms with Crippen molar-refractivity contribution in [1.82, 2.24) is 4.57 Å². The highest BCUT2D eigenvalue weighted by atomic mass is 35.5. The van der Waals surface area contributed by atoms with Crippen molar-refractivity contribution in [3.63, 3.8) is 0 Å². The third-order valence-corrected chi connectivity index (χ3v) is 4.75. The number of halogens is 2. The van der Waals surface area contributed by atoms with Crippen LogP contribution in [0.25, 0.3) is 16.9 Å². The van der Waals surface area contributed by atoms with Gasteiger partial charge in [-0.3, -0.25) is 0 Å². The maximum Gasteiger partial charge on any atom is 0.106 e. The highest BCUT2D eigenvalue weighted by Gasteiger charge is 2.20. The van der Waals surface area contributed by atoms with E-state index >= 15 is 0 Å². The summed E-state index contributed by atoms with van der Waals surface area (Å²) < 4.78 is 3.10. The number of quaternary nitrogens is 1. The average molecular weight is 374 g/mol. The fourth-order valence-corrected chi connectivity index (χ4v) is 3.62. The smallest absolute Gasteiger partial charge is 0.106 e. The van der Waals surface area contributed by atoms with Crippen LogP contribution < -0.4 is 0 Å². The van der Waals surface area contributed by atoms with Crippen LogP contribution in [0.1, 0.15) is 11.3 Å². The largest absolute Gasteiger partial charge is 0.327 e. The third-order valence-electron chi connectivity index (χ3n) is 4.22. The second kappa shape index (κ2) is 6.87. The van der Waals surface area contributed by atoms with Crippen LogP contribution >= 0.6 is 23.2 Å². The summed E-state index contributed by atoms with van der Waals surface area (Å²) in [5.41, 5.74) is 5.79. The lowest BCUT2D eigenvalue weighted by molar-refractivity contribution is -0.884. The van der Waals surface area contributed by atoms with E-state index in [9.17, 15) is 0 Å². The molecule has 0 spiro atoms. The van der Waals surface area contributed by atoms with Crippen molar-refractivity contribution in [2.24, 2.45) is 0 Å². The molecule has 0 atom stereocenters. The molecular weight excluding hydrogens is 351 g/mol. The van der Waals surface area contributed by atoms with Crippen LogP contribution in [0, 0.1) is 6.92 Å². The predicted molar refractivity (Wildman–Crippen MR) is 108 cm³/mol. The Balaban J connectivity index is 2.24. The molecule has 2 aromatic carbocycles. The number of benzene rings is 2. The van der Waals surface area contributed by atoms with Crippen molar-refractivity contribution >= 4 is 23.2 Å². The third kappa shape index (κ3) is 3.92. The van der Waals surface area contributed by atoms with Gasteiger partial charge in [0, 0.05) is 16.3 Å². The second-order valence-electron chi connectivity index (χ2n) is 7.39. The summed E-state index contributed by atoms with van der Waals surface area (Å²) in [5.74, 6) is 0. The Morgan fingerprint density at radius 1 is 0.920 bits per heavy atom. The minimum atomic E-state index is 0.645. The molecule has 2 nitrogen and oxygen atoms in total. The fraction of sp³-hybridized carbons (Fsp3) is 0.238. The maximum atomic E-state index is 6.53. The molecule has 0 saturated heterocycles. The van der Waals surface area contributed by atoms with E-state index in [1.165, 1.54) is 16.8 Å². The molecule has 0 aliphatic heterocycles. The Morgan fingerprint density at radius 3 is 2.20 bits per heavy atom. The van der Waals surface area contributed by atoms with E-state index in [1.807, 2.05) is 18.2 Å². The summed E-state index contributed by atoms with van der Waals surface area (Å²) in [6, 6.07) is 18.4. The number of hydrogen-bond donors (Lipinski definition) is 0. The summed E-state index contributed by atoms with van der Waals surface area (Å²) in [4.78, 5) is 0. The van der Waals surface area contributed by atoms with Crippen molar-refractivity contribution in [3.05, 3.63) is 75.9 Å². The van der Waals surface area contributed by atoms with E-state index in [1.54, 1.807) is 6.07 Å². The molecule has 0 aliphatic rings. The van der Waals surface area contributed by atoms with Gasteiger partial charge in [-0.25, -0.2) is 0 Å². The quantitative estimate of drug-likeness (QED) is 0.496. The monoisotopic (exact) mass is 373 g/mol. The van der Waals surface area contributed by atoms with Crippen molar-refractivity contribution in [2.75, 3.05) is 21.1 Å². The second-order valence-corrected chi connectivity index (χ2v) is 8.23. The summed E-state index contributed by atoms with van der Waals surface area (Å²) in [7, 11) is 6.61. The first kappa shape index (κ1) is 18.1. The van der Waals surface area contributed by atoms with E-state index in [0.717, 1.165) is 22.4 Å². The van der Waals surface area contributed by atoms with Gasteiger partial charge in [-0.2, -0.15) is 0 Å². The van der Waals surface area contributed by atoms with E-state index < -0.39 is 0 Å². The van der Waals surface area contributed by atoms with Gasteiger partial charge in [0.05, 0.1) is 37.5 Å². The first-order chi connectivity index (χ1) is 11.8. The molecule has 0 fully saturated rings. The Labute approximate surface area is 159 Å². The molecule has 0 aliphatic carbocycles. The molecule has 25 heavy (non-hydrogen) atoms. The molecule has 4 heteroatoms. The minimum absolute atomic E-state index is 0.645. The number of rotatable bonds is 4. The molecule has 1 aromatic heterocycles. The van der Waals surface area contributed by atoms with Gasteiger partial charge in [0.15, 0.2) is 0 Å². The van der Waals surface area contributed by atoms with E-state index in [-0.39, 0.29) is 0 Å². The first-order valence-electron chi connectivity index (χ1n) is 8.29. The standard InChI is InChI=1S/C21H23Cl2N2/c1-15-17(14-25(2,3)4)12-21(16-8-6-5-7-9-16)24(15)20-11-10-18(22)13-19(20)23/h5-13H,14H2,1-4H3/q+1. The maximum absolute atomic E-state index is 6.53. The molecular formula is C21H23Cl2N2+. The molecule has 130 valence electrons. The van der Waals surface area contributed by atoms with Crippen LogP contribution in [-0.2, 0) is 6.54 Å². The number of nitrogens with zero attached hydrogens (tertiary/aromatic N) is 2. The van der Waals surface area contributed by atoms with Crippen molar-refractivity contribution in [3.8, 4) is 16.9 Å². The average Bonchev–Trinajstić information content (AvgIpc) is 2.84. The summed E-state index contributed by atoms with van der Waals surface area (Å²) >= 11 is 12.6. The summed E-state index contributed by atoms with van der Waals surface area (Å²) in [6.45, 7) is 3.10.